The Morgan fingerprint density at radius 3 is 2.78 bits per heavy atom. The van der Waals surface area contributed by atoms with Crippen LogP contribution >= 0.6 is 0 Å². The SMILES string of the molecule is COCCCC(=O)Nc1cc(C(=O)O)ccc1F. The van der Waals surface area contributed by atoms with Crippen molar-refractivity contribution in [2.75, 3.05) is 19.0 Å². The maximum absolute atomic E-state index is 13.3. The zero-order chi connectivity index (χ0) is 13.5. The predicted molar refractivity (Wildman–Crippen MR) is 63.1 cm³/mol. The third-order valence-corrected chi connectivity index (χ3v) is 2.24. The predicted octanol–water partition coefficient (Wildman–Crippen LogP) is 1.89. The Kier molecular flexibility index (Phi) is 5.26. The van der Waals surface area contributed by atoms with Crippen molar-refractivity contribution in [1.82, 2.24) is 0 Å². The molecule has 0 aliphatic rings. The van der Waals surface area contributed by atoms with Crippen molar-refractivity contribution in [2.24, 2.45) is 0 Å². The fraction of sp³-hybridized carbons (Fsp3) is 0.333. The van der Waals surface area contributed by atoms with Crippen LogP contribution in [-0.2, 0) is 9.53 Å². The molecule has 0 atom stereocenters. The molecule has 0 heterocycles. The molecule has 1 rings (SSSR count). The molecule has 0 saturated carbocycles. The molecule has 1 aromatic carbocycles. The maximum atomic E-state index is 13.3. The van der Waals surface area contributed by atoms with E-state index in [1.165, 1.54) is 7.11 Å². The topological polar surface area (TPSA) is 75.6 Å². The second kappa shape index (κ2) is 6.70. The molecule has 0 aliphatic carbocycles. The summed E-state index contributed by atoms with van der Waals surface area (Å²) in [5, 5.41) is 11.1. The van der Waals surface area contributed by atoms with Crippen LogP contribution in [-0.4, -0.2) is 30.7 Å². The van der Waals surface area contributed by atoms with Crippen LogP contribution in [0.5, 0.6) is 0 Å². The summed E-state index contributed by atoms with van der Waals surface area (Å²) in [6, 6.07) is 3.23. The summed E-state index contributed by atoms with van der Waals surface area (Å²) in [5.74, 6) is -2.22. The number of anilines is 1. The van der Waals surface area contributed by atoms with E-state index in [1.807, 2.05) is 0 Å². The van der Waals surface area contributed by atoms with Gasteiger partial charge in [0.25, 0.3) is 0 Å². The summed E-state index contributed by atoms with van der Waals surface area (Å²) >= 11 is 0. The molecule has 18 heavy (non-hydrogen) atoms. The minimum Gasteiger partial charge on any atom is -0.478 e. The van der Waals surface area contributed by atoms with E-state index in [9.17, 15) is 14.0 Å². The molecule has 0 aliphatic heterocycles. The van der Waals surface area contributed by atoms with Crippen LogP contribution in [0.1, 0.15) is 23.2 Å². The number of carbonyl (C=O) groups is 2. The number of ether oxygens (including phenoxy) is 1. The highest BCUT2D eigenvalue weighted by atomic mass is 19.1. The number of methoxy groups -OCH3 is 1. The van der Waals surface area contributed by atoms with Crippen molar-refractivity contribution in [2.45, 2.75) is 12.8 Å². The molecule has 0 radical (unpaired) electrons. The molecule has 0 spiro atoms. The summed E-state index contributed by atoms with van der Waals surface area (Å²) in [6.07, 6.45) is 0.702. The van der Waals surface area contributed by atoms with Gasteiger partial charge in [0.2, 0.25) is 5.91 Å². The van der Waals surface area contributed by atoms with Gasteiger partial charge in [-0.25, -0.2) is 9.18 Å². The molecule has 6 heteroatoms. The molecule has 2 N–H and O–H groups in total. The number of benzene rings is 1. The Morgan fingerprint density at radius 1 is 1.44 bits per heavy atom. The highest BCUT2D eigenvalue weighted by Crippen LogP contribution is 2.16. The van der Waals surface area contributed by atoms with E-state index in [4.69, 9.17) is 9.84 Å². The maximum Gasteiger partial charge on any atom is 0.335 e. The van der Waals surface area contributed by atoms with Gasteiger partial charge < -0.3 is 15.2 Å². The van der Waals surface area contributed by atoms with Gasteiger partial charge in [-0.15, -0.1) is 0 Å². The summed E-state index contributed by atoms with van der Waals surface area (Å²) in [7, 11) is 1.52. The number of halogens is 1. The quantitative estimate of drug-likeness (QED) is 0.761. The third-order valence-electron chi connectivity index (χ3n) is 2.24. The van der Waals surface area contributed by atoms with Crippen molar-refractivity contribution in [3.63, 3.8) is 0 Å². The molecule has 0 saturated heterocycles. The number of hydrogen-bond acceptors (Lipinski definition) is 3. The molecule has 5 nitrogen and oxygen atoms in total. The second-order valence-electron chi connectivity index (χ2n) is 3.64. The lowest BCUT2D eigenvalue weighted by molar-refractivity contribution is -0.116. The Bertz CT molecular complexity index is 448. The summed E-state index contributed by atoms with van der Waals surface area (Å²) in [6.45, 7) is 0.436. The number of rotatable bonds is 6. The smallest absolute Gasteiger partial charge is 0.335 e. The number of nitrogens with one attached hydrogen (secondary N) is 1. The first-order valence-electron chi connectivity index (χ1n) is 5.36. The van der Waals surface area contributed by atoms with E-state index in [-0.39, 0.29) is 23.6 Å². The van der Waals surface area contributed by atoms with Crippen LogP contribution < -0.4 is 5.32 Å². The highest BCUT2D eigenvalue weighted by molar-refractivity contribution is 5.94. The van der Waals surface area contributed by atoms with Gasteiger partial charge in [0.15, 0.2) is 0 Å². The first-order valence-corrected chi connectivity index (χ1v) is 5.36. The van der Waals surface area contributed by atoms with Gasteiger partial charge in [-0.1, -0.05) is 0 Å². The number of carboxylic acids is 1. The Hall–Kier alpha value is -1.95. The highest BCUT2D eigenvalue weighted by Gasteiger charge is 2.10. The van der Waals surface area contributed by atoms with Crippen molar-refractivity contribution in [3.05, 3.63) is 29.6 Å². The molecule has 1 aromatic rings. The van der Waals surface area contributed by atoms with Gasteiger partial charge in [-0.3, -0.25) is 4.79 Å². The van der Waals surface area contributed by atoms with Crippen LogP contribution in [0.15, 0.2) is 18.2 Å². The number of carbonyl (C=O) groups excluding carboxylic acids is 1. The Labute approximate surface area is 104 Å². The Morgan fingerprint density at radius 2 is 2.17 bits per heavy atom. The lowest BCUT2D eigenvalue weighted by atomic mass is 10.2. The van der Waals surface area contributed by atoms with Gasteiger partial charge in [0, 0.05) is 20.1 Å². The molecule has 0 aromatic heterocycles. The number of amides is 1. The summed E-state index contributed by atoms with van der Waals surface area (Å²) < 4.78 is 18.1. The number of hydrogen-bond donors (Lipinski definition) is 2. The normalized spacial score (nSPS) is 10.1. The largest absolute Gasteiger partial charge is 0.478 e. The fourth-order valence-electron chi connectivity index (χ4n) is 1.34. The van der Waals surface area contributed by atoms with E-state index in [2.05, 4.69) is 5.32 Å². The first kappa shape index (κ1) is 14.1. The minimum absolute atomic E-state index is 0.0800. The van der Waals surface area contributed by atoms with E-state index in [1.54, 1.807) is 0 Å². The second-order valence-corrected chi connectivity index (χ2v) is 3.64. The van der Waals surface area contributed by atoms with Crippen molar-refractivity contribution in [1.29, 1.82) is 0 Å². The van der Waals surface area contributed by atoms with Gasteiger partial charge in [-0.05, 0) is 24.6 Å². The van der Waals surface area contributed by atoms with Crippen LogP contribution in [0.2, 0.25) is 0 Å². The van der Waals surface area contributed by atoms with Gasteiger partial charge in [0.05, 0.1) is 11.3 Å². The molecule has 98 valence electrons. The summed E-state index contributed by atoms with van der Waals surface area (Å²) in [4.78, 5) is 22.1. The summed E-state index contributed by atoms with van der Waals surface area (Å²) in [5.41, 5.74) is -0.207. The monoisotopic (exact) mass is 255 g/mol. The van der Waals surface area contributed by atoms with Crippen LogP contribution in [0, 0.1) is 5.82 Å². The lowest BCUT2D eigenvalue weighted by Gasteiger charge is -2.07. The average Bonchev–Trinajstić information content (AvgIpc) is 2.32. The van der Waals surface area contributed by atoms with Crippen molar-refractivity contribution >= 4 is 17.6 Å². The van der Waals surface area contributed by atoms with Gasteiger partial charge in [0.1, 0.15) is 5.82 Å². The van der Waals surface area contributed by atoms with Crippen molar-refractivity contribution in [3.8, 4) is 0 Å². The molecular weight excluding hydrogens is 241 g/mol. The van der Waals surface area contributed by atoms with Crippen LogP contribution in [0.4, 0.5) is 10.1 Å². The molecule has 1 amide bonds. The van der Waals surface area contributed by atoms with E-state index in [0.717, 1.165) is 18.2 Å². The van der Waals surface area contributed by atoms with Gasteiger partial charge in [-0.2, -0.15) is 0 Å². The fourth-order valence-corrected chi connectivity index (χ4v) is 1.34. The molecule has 0 fully saturated rings. The van der Waals surface area contributed by atoms with Crippen LogP contribution in [0.25, 0.3) is 0 Å². The number of carboxylic acid groups (broad SMARTS) is 1. The zero-order valence-electron chi connectivity index (χ0n) is 9.90. The van der Waals surface area contributed by atoms with E-state index >= 15 is 0 Å². The van der Waals surface area contributed by atoms with Crippen molar-refractivity contribution < 1.29 is 23.8 Å². The van der Waals surface area contributed by atoms with Gasteiger partial charge >= 0.3 is 5.97 Å². The average molecular weight is 255 g/mol. The molecule has 0 unspecified atom stereocenters. The third kappa shape index (κ3) is 4.14. The minimum atomic E-state index is -1.18. The zero-order valence-corrected chi connectivity index (χ0v) is 9.90. The van der Waals surface area contributed by atoms with E-state index in [0.29, 0.717) is 13.0 Å². The molecule has 0 bridgehead atoms. The standard InChI is InChI=1S/C12H14FNO4/c1-18-6-2-3-11(15)14-10-7-8(12(16)17)4-5-9(10)13/h4-5,7H,2-3,6H2,1H3,(H,14,15)(H,16,17). The van der Waals surface area contributed by atoms with Crippen LogP contribution in [0.3, 0.4) is 0 Å². The Balaban J connectivity index is 2.68. The molecular formula is C12H14FNO4. The first-order chi connectivity index (χ1) is 8.54. The lowest BCUT2D eigenvalue weighted by Crippen LogP contribution is -2.13. The number of aromatic carboxylic acids is 1. The van der Waals surface area contributed by atoms with E-state index < -0.39 is 11.8 Å².